The van der Waals surface area contributed by atoms with E-state index in [1.807, 2.05) is 55.5 Å². The number of hydrogen-bond donors (Lipinski definition) is 1. The second-order valence-electron chi connectivity index (χ2n) is 5.94. The molecule has 2 aromatic carbocycles. The second-order valence-corrected chi connectivity index (χ2v) is 5.94. The highest BCUT2D eigenvalue weighted by Crippen LogP contribution is 2.40. The van der Waals surface area contributed by atoms with Crippen molar-refractivity contribution in [2.75, 3.05) is 32.7 Å². The number of nitrogens with one attached hydrogen (secondary N) is 1. The topological polar surface area (TPSA) is 50.8 Å². The molecule has 5 nitrogen and oxygen atoms in total. The molecule has 0 saturated carbocycles. The summed E-state index contributed by atoms with van der Waals surface area (Å²) in [6.07, 6.45) is 0. The number of carbonyl (C=O) groups excluding carboxylic acids is 1. The Balaban J connectivity index is 2.01. The van der Waals surface area contributed by atoms with Crippen LogP contribution in [0.4, 0.5) is 5.69 Å². The molecule has 1 N–H and O–H groups in total. The zero-order chi connectivity index (χ0) is 17.2. The average molecular weight is 326 g/mol. The quantitative estimate of drug-likeness (QED) is 0.858. The van der Waals surface area contributed by atoms with Gasteiger partial charge in [0.2, 0.25) is 0 Å². The minimum atomic E-state index is -0.699. The van der Waals surface area contributed by atoms with Gasteiger partial charge in [0.05, 0.1) is 12.2 Å². The summed E-state index contributed by atoms with van der Waals surface area (Å²) in [6.45, 7) is 2.95. The fourth-order valence-corrected chi connectivity index (χ4v) is 2.99. The molecule has 24 heavy (non-hydrogen) atoms. The summed E-state index contributed by atoms with van der Waals surface area (Å²) in [5, 5.41) is 3.49. The molecule has 2 aromatic rings. The molecule has 1 aliphatic heterocycles. The van der Waals surface area contributed by atoms with E-state index >= 15 is 0 Å². The molecule has 1 amide bonds. The van der Waals surface area contributed by atoms with Crippen molar-refractivity contribution < 1.29 is 14.3 Å². The summed E-state index contributed by atoms with van der Waals surface area (Å²) in [6, 6.07) is 15.3. The number of carbonyl (C=O) groups is 1. The molecule has 1 aliphatic rings. The summed E-state index contributed by atoms with van der Waals surface area (Å²) in [4.78, 5) is 14.5. The van der Waals surface area contributed by atoms with Crippen molar-refractivity contribution >= 4 is 11.6 Å². The molecular formula is C19H22N2O3. The van der Waals surface area contributed by atoms with Crippen molar-refractivity contribution in [3.8, 4) is 5.75 Å². The number of methoxy groups -OCH3 is 1. The van der Waals surface area contributed by atoms with Gasteiger partial charge in [-0.05, 0) is 25.1 Å². The van der Waals surface area contributed by atoms with Crippen molar-refractivity contribution in [1.82, 2.24) is 4.90 Å². The van der Waals surface area contributed by atoms with E-state index in [-0.39, 0.29) is 5.91 Å². The molecule has 0 bridgehead atoms. The molecule has 1 atom stereocenters. The molecule has 0 spiro atoms. The van der Waals surface area contributed by atoms with E-state index in [9.17, 15) is 4.79 Å². The average Bonchev–Trinajstić information content (AvgIpc) is 2.60. The lowest BCUT2D eigenvalue weighted by Crippen LogP contribution is -2.53. The first-order valence-electron chi connectivity index (χ1n) is 7.94. The molecule has 0 aromatic heterocycles. The van der Waals surface area contributed by atoms with Gasteiger partial charge in [0.25, 0.3) is 5.91 Å². The van der Waals surface area contributed by atoms with Crippen LogP contribution in [0.3, 0.4) is 0 Å². The van der Waals surface area contributed by atoms with Gasteiger partial charge in [0.1, 0.15) is 18.0 Å². The first-order valence-corrected chi connectivity index (χ1v) is 7.94. The van der Waals surface area contributed by atoms with Crippen LogP contribution in [0.1, 0.15) is 22.8 Å². The van der Waals surface area contributed by atoms with Gasteiger partial charge in [-0.2, -0.15) is 0 Å². The van der Waals surface area contributed by atoms with Crippen LogP contribution in [0.5, 0.6) is 5.75 Å². The van der Waals surface area contributed by atoms with Crippen LogP contribution in [-0.2, 0) is 10.4 Å². The Morgan fingerprint density at radius 2 is 1.79 bits per heavy atom. The van der Waals surface area contributed by atoms with Crippen LogP contribution in [0, 0.1) is 0 Å². The van der Waals surface area contributed by atoms with Crippen LogP contribution in [0.2, 0.25) is 0 Å². The smallest absolute Gasteiger partial charge is 0.257 e. The van der Waals surface area contributed by atoms with E-state index in [2.05, 4.69) is 5.32 Å². The minimum Gasteiger partial charge on any atom is -0.491 e. The number of hydrogen-bond acceptors (Lipinski definition) is 4. The normalized spacial score (nSPS) is 19.6. The number of benzene rings is 2. The number of nitrogens with zero attached hydrogens (tertiary/aromatic N) is 1. The van der Waals surface area contributed by atoms with E-state index < -0.39 is 5.66 Å². The van der Waals surface area contributed by atoms with Gasteiger partial charge < -0.3 is 19.7 Å². The van der Waals surface area contributed by atoms with Crippen LogP contribution in [0.25, 0.3) is 0 Å². The van der Waals surface area contributed by atoms with E-state index in [0.29, 0.717) is 18.8 Å². The van der Waals surface area contributed by atoms with E-state index in [1.165, 1.54) is 0 Å². The van der Waals surface area contributed by atoms with E-state index in [4.69, 9.17) is 9.47 Å². The zero-order valence-corrected chi connectivity index (χ0v) is 14.2. The molecule has 3 rings (SSSR count). The SMILES string of the molecule is COCCOc1ccccc1C1(C)Nc2ccccc2C(=O)N1C. The van der Waals surface area contributed by atoms with Crippen molar-refractivity contribution in [3.05, 3.63) is 59.7 Å². The monoisotopic (exact) mass is 326 g/mol. The Morgan fingerprint density at radius 3 is 2.58 bits per heavy atom. The molecular weight excluding hydrogens is 304 g/mol. The van der Waals surface area contributed by atoms with Crippen molar-refractivity contribution in [2.45, 2.75) is 12.6 Å². The largest absolute Gasteiger partial charge is 0.491 e. The predicted octanol–water partition coefficient (Wildman–Crippen LogP) is 3.08. The van der Waals surface area contributed by atoms with Crippen LogP contribution in [0.15, 0.2) is 48.5 Å². The van der Waals surface area contributed by atoms with Crippen molar-refractivity contribution in [3.63, 3.8) is 0 Å². The number of rotatable bonds is 5. The molecule has 5 heteroatoms. The minimum absolute atomic E-state index is 0.0152. The Hall–Kier alpha value is -2.53. The molecule has 0 fully saturated rings. The standard InChI is InChI=1S/C19H22N2O3/c1-19(15-9-5-7-11-17(15)24-13-12-23-3)20-16-10-6-4-8-14(16)18(22)21(19)2/h4-11,20H,12-13H2,1-3H3. The van der Waals surface area contributed by atoms with Gasteiger partial charge >= 0.3 is 0 Å². The third kappa shape index (κ3) is 2.71. The zero-order valence-electron chi connectivity index (χ0n) is 14.2. The van der Waals surface area contributed by atoms with Gasteiger partial charge in [0, 0.05) is 25.4 Å². The first-order chi connectivity index (χ1) is 11.6. The number of para-hydroxylation sites is 2. The fourth-order valence-electron chi connectivity index (χ4n) is 2.99. The maximum Gasteiger partial charge on any atom is 0.257 e. The summed E-state index contributed by atoms with van der Waals surface area (Å²) >= 11 is 0. The van der Waals surface area contributed by atoms with Gasteiger partial charge in [-0.1, -0.05) is 30.3 Å². The lowest BCUT2D eigenvalue weighted by atomic mass is 9.93. The number of ether oxygens (including phenoxy) is 2. The van der Waals surface area contributed by atoms with Gasteiger partial charge in [-0.25, -0.2) is 0 Å². The third-order valence-electron chi connectivity index (χ3n) is 4.47. The van der Waals surface area contributed by atoms with Gasteiger partial charge in [-0.3, -0.25) is 4.79 Å². The maximum absolute atomic E-state index is 12.8. The fraction of sp³-hybridized carbons (Fsp3) is 0.316. The molecule has 1 heterocycles. The molecule has 0 radical (unpaired) electrons. The summed E-state index contributed by atoms with van der Waals surface area (Å²) in [5.74, 6) is 0.724. The van der Waals surface area contributed by atoms with Crippen LogP contribution >= 0.6 is 0 Å². The maximum atomic E-state index is 12.8. The predicted molar refractivity (Wildman–Crippen MR) is 93.3 cm³/mol. The highest BCUT2D eigenvalue weighted by molar-refractivity contribution is 6.02. The Kier molecular flexibility index (Phi) is 4.44. The molecule has 1 unspecified atom stereocenters. The highest BCUT2D eigenvalue weighted by atomic mass is 16.5. The Labute approximate surface area is 142 Å². The van der Waals surface area contributed by atoms with Crippen molar-refractivity contribution in [2.24, 2.45) is 0 Å². The summed E-state index contributed by atoms with van der Waals surface area (Å²) in [7, 11) is 3.44. The second kappa shape index (κ2) is 6.53. The first kappa shape index (κ1) is 16.3. The number of fused-ring (bicyclic) bond motifs is 1. The number of amides is 1. The molecule has 0 aliphatic carbocycles. The van der Waals surface area contributed by atoms with E-state index in [1.54, 1.807) is 19.1 Å². The van der Waals surface area contributed by atoms with Crippen LogP contribution < -0.4 is 10.1 Å². The lowest BCUT2D eigenvalue weighted by molar-refractivity contribution is 0.0608. The van der Waals surface area contributed by atoms with Gasteiger partial charge in [-0.15, -0.1) is 0 Å². The van der Waals surface area contributed by atoms with Crippen molar-refractivity contribution in [1.29, 1.82) is 0 Å². The Morgan fingerprint density at radius 1 is 1.08 bits per heavy atom. The molecule has 126 valence electrons. The Bertz CT molecular complexity index is 747. The lowest BCUT2D eigenvalue weighted by Gasteiger charge is -2.45. The number of anilines is 1. The summed E-state index contributed by atoms with van der Waals surface area (Å²) < 4.78 is 10.9. The van der Waals surface area contributed by atoms with E-state index in [0.717, 1.165) is 17.0 Å². The molecule has 0 saturated heterocycles. The summed E-state index contributed by atoms with van der Waals surface area (Å²) in [5.41, 5.74) is 1.71. The third-order valence-corrected chi connectivity index (χ3v) is 4.47. The van der Waals surface area contributed by atoms with Gasteiger partial charge in [0.15, 0.2) is 0 Å². The van der Waals surface area contributed by atoms with Crippen LogP contribution in [-0.4, -0.2) is 38.2 Å². The highest BCUT2D eigenvalue weighted by Gasteiger charge is 2.41.